The van der Waals surface area contributed by atoms with E-state index in [4.69, 9.17) is 10.8 Å². The van der Waals surface area contributed by atoms with Crippen LogP contribution in [0.15, 0.2) is 42.5 Å². The molecule has 0 fully saturated rings. The lowest BCUT2D eigenvalue weighted by Gasteiger charge is -2.12. The summed E-state index contributed by atoms with van der Waals surface area (Å²) in [6, 6.07) is 11.5. The lowest BCUT2D eigenvalue weighted by atomic mass is 10.1. The van der Waals surface area contributed by atoms with Gasteiger partial charge in [0.2, 0.25) is 0 Å². The van der Waals surface area contributed by atoms with E-state index >= 15 is 0 Å². The Labute approximate surface area is 122 Å². The molecular weight excluding hydrogens is 270 g/mol. The summed E-state index contributed by atoms with van der Waals surface area (Å²) in [5.41, 5.74) is 13.6. The summed E-state index contributed by atoms with van der Waals surface area (Å²) >= 11 is 0. The molecule has 0 heterocycles. The van der Waals surface area contributed by atoms with Gasteiger partial charge in [-0.25, -0.2) is 4.79 Å². The van der Waals surface area contributed by atoms with E-state index in [0.29, 0.717) is 24.3 Å². The summed E-state index contributed by atoms with van der Waals surface area (Å²) in [5, 5.41) is 18.7. The number of hydrogen-bond donors (Lipinski definition) is 5. The van der Waals surface area contributed by atoms with Crippen molar-refractivity contribution < 1.29 is 15.0 Å². The predicted molar refractivity (Wildman–Crippen MR) is 81.5 cm³/mol. The molecule has 0 radical (unpaired) electrons. The predicted octanol–water partition coefficient (Wildman–Crippen LogP) is 2.03. The van der Waals surface area contributed by atoms with Gasteiger partial charge < -0.3 is 21.4 Å². The second-order valence-electron chi connectivity index (χ2n) is 4.52. The number of anilines is 2. The van der Waals surface area contributed by atoms with Crippen molar-refractivity contribution in [2.24, 2.45) is 5.73 Å². The van der Waals surface area contributed by atoms with Crippen LogP contribution in [-0.2, 0) is 6.42 Å². The average molecular weight is 287 g/mol. The molecule has 0 aliphatic carbocycles. The fourth-order valence-electron chi connectivity index (χ4n) is 1.84. The number of hydrogen-bond acceptors (Lipinski definition) is 5. The molecule has 110 valence electrons. The number of carboxylic acids is 1. The molecule has 0 unspecified atom stereocenters. The SMILES string of the molecule is NCCc1ccc(NNc2ccc(C(=O)O)cc2)c(O)c1. The number of aromatic carboxylic acids is 1. The number of benzene rings is 2. The Hall–Kier alpha value is -2.73. The van der Waals surface area contributed by atoms with Gasteiger partial charge in [-0.1, -0.05) is 6.07 Å². The van der Waals surface area contributed by atoms with Crippen molar-refractivity contribution in [1.82, 2.24) is 0 Å². The van der Waals surface area contributed by atoms with Crippen LogP contribution in [-0.4, -0.2) is 22.7 Å². The van der Waals surface area contributed by atoms with Crippen LogP contribution in [0.5, 0.6) is 5.75 Å². The van der Waals surface area contributed by atoms with Crippen molar-refractivity contribution in [2.45, 2.75) is 6.42 Å². The number of rotatable bonds is 6. The number of aromatic hydroxyl groups is 1. The maximum atomic E-state index is 10.7. The zero-order chi connectivity index (χ0) is 15.2. The van der Waals surface area contributed by atoms with Crippen LogP contribution < -0.4 is 16.6 Å². The highest BCUT2D eigenvalue weighted by Crippen LogP contribution is 2.24. The van der Waals surface area contributed by atoms with E-state index in [9.17, 15) is 9.90 Å². The highest BCUT2D eigenvalue weighted by molar-refractivity contribution is 5.88. The molecule has 2 aromatic carbocycles. The third-order valence-corrected chi connectivity index (χ3v) is 2.97. The van der Waals surface area contributed by atoms with E-state index in [1.807, 2.05) is 6.07 Å². The Bertz CT molecular complexity index is 627. The lowest BCUT2D eigenvalue weighted by molar-refractivity contribution is 0.0697. The smallest absolute Gasteiger partial charge is 0.335 e. The van der Waals surface area contributed by atoms with Gasteiger partial charge in [-0.15, -0.1) is 0 Å². The zero-order valence-electron chi connectivity index (χ0n) is 11.3. The van der Waals surface area contributed by atoms with Crippen LogP contribution >= 0.6 is 0 Å². The number of phenolic OH excluding ortho intramolecular Hbond substituents is 1. The minimum atomic E-state index is -0.970. The molecule has 2 aromatic rings. The topological polar surface area (TPSA) is 108 Å². The highest BCUT2D eigenvalue weighted by Gasteiger charge is 2.04. The summed E-state index contributed by atoms with van der Waals surface area (Å²) in [4.78, 5) is 10.7. The van der Waals surface area contributed by atoms with Gasteiger partial charge in [0.25, 0.3) is 0 Å². The Morgan fingerprint density at radius 2 is 1.81 bits per heavy atom. The third-order valence-electron chi connectivity index (χ3n) is 2.97. The summed E-state index contributed by atoms with van der Waals surface area (Å²) in [6.45, 7) is 0.528. The fraction of sp³-hybridized carbons (Fsp3) is 0.133. The van der Waals surface area contributed by atoms with Gasteiger partial charge in [0, 0.05) is 0 Å². The largest absolute Gasteiger partial charge is 0.506 e. The number of nitrogens with two attached hydrogens (primary N) is 1. The first kappa shape index (κ1) is 14.7. The van der Waals surface area contributed by atoms with Crippen LogP contribution in [0.3, 0.4) is 0 Å². The number of carbonyl (C=O) groups is 1. The van der Waals surface area contributed by atoms with Crippen molar-refractivity contribution >= 4 is 17.3 Å². The second kappa shape index (κ2) is 6.62. The van der Waals surface area contributed by atoms with Crippen molar-refractivity contribution in [3.63, 3.8) is 0 Å². The Morgan fingerprint density at radius 3 is 2.38 bits per heavy atom. The molecule has 0 saturated carbocycles. The Kier molecular flexibility index (Phi) is 4.63. The maximum absolute atomic E-state index is 10.7. The molecule has 0 aliphatic rings. The van der Waals surface area contributed by atoms with E-state index in [1.165, 1.54) is 12.1 Å². The number of hydrazine groups is 1. The van der Waals surface area contributed by atoms with Gasteiger partial charge in [0.05, 0.1) is 16.9 Å². The molecule has 0 aliphatic heterocycles. The monoisotopic (exact) mass is 287 g/mol. The van der Waals surface area contributed by atoms with Gasteiger partial charge in [0.1, 0.15) is 5.75 Å². The van der Waals surface area contributed by atoms with Crippen LogP contribution in [0.1, 0.15) is 15.9 Å². The summed E-state index contributed by atoms with van der Waals surface area (Å²) in [5.74, 6) is -0.849. The minimum absolute atomic E-state index is 0.121. The van der Waals surface area contributed by atoms with Gasteiger partial charge in [-0.2, -0.15) is 0 Å². The van der Waals surface area contributed by atoms with Crippen LogP contribution in [0, 0.1) is 0 Å². The summed E-state index contributed by atoms with van der Waals surface area (Å²) in [7, 11) is 0. The standard InChI is InChI=1S/C15H17N3O3/c16-8-7-10-1-6-13(14(19)9-10)18-17-12-4-2-11(3-5-12)15(20)21/h1-6,9,17-19H,7-8,16H2,(H,20,21). The number of phenols is 1. The van der Waals surface area contributed by atoms with E-state index in [-0.39, 0.29) is 11.3 Å². The van der Waals surface area contributed by atoms with E-state index < -0.39 is 5.97 Å². The summed E-state index contributed by atoms with van der Waals surface area (Å²) in [6.07, 6.45) is 0.706. The van der Waals surface area contributed by atoms with Crippen molar-refractivity contribution in [3.8, 4) is 5.75 Å². The minimum Gasteiger partial charge on any atom is -0.506 e. The second-order valence-corrected chi connectivity index (χ2v) is 4.52. The van der Waals surface area contributed by atoms with Crippen LogP contribution in [0.4, 0.5) is 11.4 Å². The van der Waals surface area contributed by atoms with Crippen molar-refractivity contribution in [3.05, 3.63) is 53.6 Å². The van der Waals surface area contributed by atoms with Gasteiger partial charge in [-0.05, 0) is 54.9 Å². The molecule has 0 saturated heterocycles. The van der Waals surface area contributed by atoms with Crippen LogP contribution in [0.25, 0.3) is 0 Å². The molecule has 6 heteroatoms. The molecule has 21 heavy (non-hydrogen) atoms. The Balaban J connectivity index is 2.00. The van der Waals surface area contributed by atoms with E-state index in [0.717, 1.165) is 5.56 Å². The fourth-order valence-corrected chi connectivity index (χ4v) is 1.84. The maximum Gasteiger partial charge on any atom is 0.335 e. The number of carboxylic acid groups (broad SMARTS) is 1. The first-order chi connectivity index (χ1) is 10.1. The normalized spacial score (nSPS) is 10.1. The van der Waals surface area contributed by atoms with E-state index in [2.05, 4.69) is 10.9 Å². The van der Waals surface area contributed by atoms with E-state index in [1.54, 1.807) is 24.3 Å². The van der Waals surface area contributed by atoms with Gasteiger partial charge >= 0.3 is 5.97 Å². The Morgan fingerprint density at radius 1 is 1.10 bits per heavy atom. The molecule has 0 spiro atoms. The zero-order valence-corrected chi connectivity index (χ0v) is 11.3. The molecule has 2 rings (SSSR count). The average Bonchev–Trinajstić information content (AvgIpc) is 2.47. The highest BCUT2D eigenvalue weighted by atomic mass is 16.4. The first-order valence-corrected chi connectivity index (χ1v) is 6.47. The third kappa shape index (κ3) is 3.87. The van der Waals surface area contributed by atoms with Crippen LogP contribution in [0.2, 0.25) is 0 Å². The molecule has 6 nitrogen and oxygen atoms in total. The van der Waals surface area contributed by atoms with Gasteiger partial charge in [0.15, 0.2) is 0 Å². The molecule has 0 amide bonds. The lowest BCUT2D eigenvalue weighted by Crippen LogP contribution is -2.09. The first-order valence-electron chi connectivity index (χ1n) is 6.47. The summed E-state index contributed by atoms with van der Waals surface area (Å²) < 4.78 is 0. The molecular formula is C15H17N3O3. The quantitative estimate of drug-likeness (QED) is 0.411. The van der Waals surface area contributed by atoms with Crippen molar-refractivity contribution in [1.29, 1.82) is 0 Å². The molecule has 0 bridgehead atoms. The molecule has 6 N–H and O–H groups in total. The number of nitrogens with one attached hydrogen (secondary N) is 2. The molecule has 0 atom stereocenters. The molecule has 0 aromatic heterocycles. The van der Waals surface area contributed by atoms with Gasteiger partial charge in [-0.3, -0.25) is 5.43 Å². The van der Waals surface area contributed by atoms with Crippen molar-refractivity contribution in [2.75, 3.05) is 17.4 Å².